The number of hydrogen-bond acceptors (Lipinski definition) is 6. The van der Waals surface area contributed by atoms with Crippen LogP contribution in [0.3, 0.4) is 0 Å². The monoisotopic (exact) mass is 502 g/mol. The quantitative estimate of drug-likeness (QED) is 0.447. The Kier molecular flexibility index (Phi) is 8.52. The molecule has 1 N–H and O–H groups in total. The summed E-state index contributed by atoms with van der Waals surface area (Å²) in [6.45, 7) is 10.5. The number of carbonyl (C=O) groups is 2. The van der Waals surface area contributed by atoms with Crippen LogP contribution in [-0.2, 0) is 24.2 Å². The van der Waals surface area contributed by atoms with E-state index in [9.17, 15) is 9.59 Å². The van der Waals surface area contributed by atoms with Crippen molar-refractivity contribution in [3.63, 3.8) is 0 Å². The molecule has 0 fully saturated rings. The summed E-state index contributed by atoms with van der Waals surface area (Å²) in [4.78, 5) is 29.3. The number of thiophene rings is 1. The Balaban J connectivity index is 0.00000324. The summed E-state index contributed by atoms with van der Waals surface area (Å²) in [5.74, 6) is -0.700. The maximum atomic E-state index is 13.0. The molecule has 0 spiro atoms. The molecular formula is C25H31ClN4O3S. The molecule has 0 atom stereocenters. The Bertz CT molecular complexity index is 1160. The Morgan fingerprint density at radius 1 is 1.24 bits per heavy atom. The number of nitrogens with zero attached hydrogens (tertiary/aromatic N) is 3. The van der Waals surface area contributed by atoms with Crippen LogP contribution in [0.5, 0.6) is 0 Å². The molecule has 1 aromatic carbocycles. The highest BCUT2D eigenvalue weighted by Crippen LogP contribution is 2.38. The van der Waals surface area contributed by atoms with E-state index in [2.05, 4.69) is 27.4 Å². The zero-order chi connectivity index (χ0) is 23.5. The van der Waals surface area contributed by atoms with Gasteiger partial charge in [0.05, 0.1) is 12.2 Å². The Morgan fingerprint density at radius 3 is 2.62 bits per heavy atom. The van der Waals surface area contributed by atoms with Gasteiger partial charge in [-0.3, -0.25) is 14.4 Å². The van der Waals surface area contributed by atoms with Crippen LogP contribution in [0, 0.1) is 6.92 Å². The summed E-state index contributed by atoms with van der Waals surface area (Å²) < 4.78 is 7.16. The molecular weight excluding hydrogens is 472 g/mol. The molecule has 9 heteroatoms. The standard InChI is InChI=1S/C25H30N4O3S.ClH/c1-5-32-25(31)22-19-11-12-28(14-18-9-7-6-8-10-18)15-21(19)33-24(22)26-23(30)20-13-17(4)29(27-20)16(2)3;/h6-10,13,16H,5,11-12,14-15H2,1-4H3,(H,26,30);1H. The first-order valence-electron chi connectivity index (χ1n) is 11.3. The van der Waals surface area contributed by atoms with Crippen LogP contribution in [0.1, 0.15) is 69.4 Å². The molecule has 4 rings (SSSR count). The van der Waals surface area contributed by atoms with Gasteiger partial charge in [0.25, 0.3) is 5.91 Å². The molecule has 0 aliphatic carbocycles. The summed E-state index contributed by atoms with van der Waals surface area (Å²) in [5.41, 5.74) is 4.00. The van der Waals surface area contributed by atoms with Crippen molar-refractivity contribution in [2.45, 2.75) is 53.2 Å². The van der Waals surface area contributed by atoms with Crippen LogP contribution < -0.4 is 5.32 Å². The average molecular weight is 503 g/mol. The number of hydrogen-bond donors (Lipinski definition) is 1. The van der Waals surface area contributed by atoms with Crippen LogP contribution in [0.15, 0.2) is 36.4 Å². The van der Waals surface area contributed by atoms with Crippen molar-refractivity contribution in [2.75, 3.05) is 18.5 Å². The highest BCUT2D eigenvalue weighted by molar-refractivity contribution is 7.17. The third kappa shape index (κ3) is 5.51. The van der Waals surface area contributed by atoms with Gasteiger partial charge in [0.1, 0.15) is 5.00 Å². The predicted molar refractivity (Wildman–Crippen MR) is 137 cm³/mol. The van der Waals surface area contributed by atoms with Gasteiger partial charge < -0.3 is 10.1 Å². The number of nitrogens with one attached hydrogen (secondary N) is 1. The van der Waals surface area contributed by atoms with E-state index < -0.39 is 0 Å². The third-order valence-electron chi connectivity index (χ3n) is 5.74. The van der Waals surface area contributed by atoms with Gasteiger partial charge in [-0.15, -0.1) is 23.7 Å². The molecule has 0 bridgehead atoms. The number of rotatable bonds is 7. The second-order valence-corrected chi connectivity index (χ2v) is 9.64. The molecule has 0 radical (unpaired) electrons. The minimum Gasteiger partial charge on any atom is -0.462 e. The van der Waals surface area contributed by atoms with Crippen LogP contribution in [0.25, 0.3) is 0 Å². The minimum absolute atomic E-state index is 0. The fourth-order valence-corrected chi connectivity index (χ4v) is 5.50. The number of aryl methyl sites for hydroxylation is 1. The van der Waals surface area contributed by atoms with Crippen molar-refractivity contribution in [1.82, 2.24) is 14.7 Å². The van der Waals surface area contributed by atoms with Crippen LogP contribution in [-0.4, -0.2) is 39.7 Å². The van der Waals surface area contributed by atoms with E-state index >= 15 is 0 Å². The first-order valence-corrected chi connectivity index (χ1v) is 12.1. The first kappa shape index (κ1) is 25.9. The number of esters is 1. The lowest BCUT2D eigenvalue weighted by atomic mass is 10.0. The second kappa shape index (κ2) is 11.2. The largest absolute Gasteiger partial charge is 0.462 e. The number of fused-ring (bicyclic) bond motifs is 1. The van der Waals surface area contributed by atoms with Crippen molar-refractivity contribution < 1.29 is 14.3 Å². The molecule has 1 amide bonds. The summed E-state index contributed by atoms with van der Waals surface area (Å²) in [6, 6.07) is 12.3. The van der Waals surface area contributed by atoms with Gasteiger partial charge in [-0.25, -0.2) is 4.79 Å². The first-order chi connectivity index (χ1) is 15.9. The second-order valence-electron chi connectivity index (χ2n) is 8.54. The van der Waals surface area contributed by atoms with E-state index in [-0.39, 0.29) is 36.9 Å². The summed E-state index contributed by atoms with van der Waals surface area (Å²) in [7, 11) is 0. The van der Waals surface area contributed by atoms with Crippen molar-refractivity contribution in [3.8, 4) is 0 Å². The van der Waals surface area contributed by atoms with E-state index in [0.29, 0.717) is 16.3 Å². The van der Waals surface area contributed by atoms with Gasteiger partial charge in [-0.2, -0.15) is 5.10 Å². The van der Waals surface area contributed by atoms with E-state index in [1.165, 1.54) is 16.9 Å². The van der Waals surface area contributed by atoms with Crippen molar-refractivity contribution in [3.05, 3.63) is 69.4 Å². The van der Waals surface area contributed by atoms with Gasteiger partial charge in [-0.05, 0) is 51.3 Å². The smallest absolute Gasteiger partial charge is 0.341 e. The van der Waals surface area contributed by atoms with Crippen LogP contribution in [0.4, 0.5) is 5.00 Å². The third-order valence-corrected chi connectivity index (χ3v) is 6.87. The SMILES string of the molecule is CCOC(=O)c1c(NC(=O)c2cc(C)n(C(C)C)n2)sc2c1CCN(Cc1ccccc1)C2.Cl. The molecule has 1 aliphatic heterocycles. The number of aromatic nitrogens is 2. The Morgan fingerprint density at radius 2 is 1.97 bits per heavy atom. The normalized spacial score (nSPS) is 13.3. The summed E-state index contributed by atoms with van der Waals surface area (Å²) in [6.07, 6.45) is 0.740. The van der Waals surface area contributed by atoms with Crippen molar-refractivity contribution in [2.24, 2.45) is 0 Å². The fourth-order valence-electron chi connectivity index (χ4n) is 4.23. The molecule has 3 aromatic rings. The average Bonchev–Trinajstić information content (AvgIpc) is 3.34. The topological polar surface area (TPSA) is 76.5 Å². The number of halogens is 1. The highest BCUT2D eigenvalue weighted by Gasteiger charge is 2.30. The van der Waals surface area contributed by atoms with Crippen molar-refractivity contribution >= 4 is 40.6 Å². The Labute approximate surface area is 210 Å². The maximum Gasteiger partial charge on any atom is 0.341 e. The number of amides is 1. The van der Waals surface area contributed by atoms with Crippen LogP contribution in [0.2, 0.25) is 0 Å². The molecule has 0 saturated carbocycles. The molecule has 0 unspecified atom stereocenters. The van der Waals surface area contributed by atoms with Gasteiger partial charge in [-0.1, -0.05) is 30.3 Å². The molecule has 182 valence electrons. The van der Waals surface area contributed by atoms with E-state index in [1.807, 2.05) is 43.7 Å². The number of carbonyl (C=O) groups excluding carboxylic acids is 2. The van der Waals surface area contributed by atoms with Crippen molar-refractivity contribution in [1.29, 1.82) is 0 Å². The van der Waals surface area contributed by atoms with Gasteiger partial charge in [0, 0.05) is 36.2 Å². The lowest BCUT2D eigenvalue weighted by Gasteiger charge is -2.27. The summed E-state index contributed by atoms with van der Waals surface area (Å²) in [5, 5.41) is 7.94. The zero-order valence-electron chi connectivity index (χ0n) is 20.0. The minimum atomic E-state index is -0.384. The van der Waals surface area contributed by atoms with E-state index in [0.717, 1.165) is 42.2 Å². The molecule has 2 aromatic heterocycles. The zero-order valence-corrected chi connectivity index (χ0v) is 21.6. The molecule has 3 heterocycles. The lowest BCUT2D eigenvalue weighted by Crippen LogP contribution is -2.29. The van der Waals surface area contributed by atoms with E-state index in [4.69, 9.17) is 4.74 Å². The van der Waals surface area contributed by atoms with Gasteiger partial charge >= 0.3 is 5.97 Å². The highest BCUT2D eigenvalue weighted by atomic mass is 35.5. The van der Waals surface area contributed by atoms with Gasteiger partial charge in [0.15, 0.2) is 5.69 Å². The Hall–Kier alpha value is -2.68. The lowest BCUT2D eigenvalue weighted by molar-refractivity contribution is 0.0526. The van der Waals surface area contributed by atoms with Crippen LogP contribution >= 0.6 is 23.7 Å². The maximum absolute atomic E-state index is 13.0. The predicted octanol–water partition coefficient (Wildman–Crippen LogP) is 5.24. The number of ether oxygens (including phenoxy) is 1. The molecule has 1 aliphatic rings. The molecule has 34 heavy (non-hydrogen) atoms. The molecule has 7 nitrogen and oxygen atoms in total. The molecule has 0 saturated heterocycles. The van der Waals surface area contributed by atoms with E-state index in [1.54, 1.807) is 13.0 Å². The number of anilines is 1. The summed E-state index contributed by atoms with van der Waals surface area (Å²) >= 11 is 1.46. The number of benzene rings is 1. The fraction of sp³-hybridized carbons (Fsp3) is 0.400. The van der Waals surface area contributed by atoms with Gasteiger partial charge in [0.2, 0.25) is 0 Å².